The van der Waals surface area contributed by atoms with E-state index >= 15 is 0 Å². The summed E-state index contributed by atoms with van der Waals surface area (Å²) in [4.78, 5) is 11.7. The van der Waals surface area contributed by atoms with Gasteiger partial charge in [-0.25, -0.2) is 0 Å². The highest BCUT2D eigenvalue weighted by atomic mass is 19.4. The van der Waals surface area contributed by atoms with Crippen molar-refractivity contribution in [3.05, 3.63) is 71.3 Å². The number of aromatic hydroxyl groups is 1. The molecule has 0 aliphatic carbocycles. The van der Waals surface area contributed by atoms with Crippen LogP contribution in [-0.2, 0) is 17.5 Å². The molecule has 2 aromatic carbocycles. The summed E-state index contributed by atoms with van der Waals surface area (Å²) < 4.78 is 37.8. The summed E-state index contributed by atoms with van der Waals surface area (Å²) in [6, 6.07) is 11.2. The molecule has 0 unspecified atom stereocenters. The summed E-state index contributed by atoms with van der Waals surface area (Å²) in [6.07, 6.45) is -1.77. The molecule has 0 fully saturated rings. The largest absolute Gasteiger partial charge is 0.507 e. The van der Waals surface area contributed by atoms with Crippen LogP contribution in [0, 0.1) is 0 Å². The number of halogens is 3. The monoisotopic (exact) mass is 321 g/mol. The smallest absolute Gasteiger partial charge is 0.416 e. The maximum Gasteiger partial charge on any atom is 0.416 e. The Morgan fingerprint density at radius 2 is 1.87 bits per heavy atom. The molecule has 0 aliphatic heterocycles. The lowest BCUT2D eigenvalue weighted by Crippen LogP contribution is -2.20. The average molecular weight is 321 g/mol. The Bertz CT molecular complexity index is 724. The molecule has 0 radical (unpaired) electrons. The lowest BCUT2D eigenvalue weighted by atomic mass is 10.1. The molecule has 2 N–H and O–H groups in total. The Balaban J connectivity index is 1.96. The number of hydrogen-bond acceptors (Lipinski definition) is 2. The van der Waals surface area contributed by atoms with Crippen molar-refractivity contribution in [1.82, 2.24) is 5.32 Å². The van der Waals surface area contributed by atoms with E-state index in [2.05, 4.69) is 5.32 Å². The van der Waals surface area contributed by atoms with Gasteiger partial charge in [-0.1, -0.05) is 30.3 Å². The molecule has 1 amide bonds. The molecule has 120 valence electrons. The van der Waals surface area contributed by atoms with Gasteiger partial charge in [0.25, 0.3) is 0 Å². The van der Waals surface area contributed by atoms with Crippen LogP contribution in [0.4, 0.5) is 13.2 Å². The number of hydrogen-bond donors (Lipinski definition) is 2. The van der Waals surface area contributed by atoms with Crippen LogP contribution in [0.5, 0.6) is 5.75 Å². The van der Waals surface area contributed by atoms with Crippen LogP contribution in [0.25, 0.3) is 6.08 Å². The Morgan fingerprint density at radius 1 is 1.13 bits per heavy atom. The van der Waals surface area contributed by atoms with Gasteiger partial charge in [0.2, 0.25) is 5.91 Å². The van der Waals surface area contributed by atoms with Crippen LogP contribution in [-0.4, -0.2) is 11.0 Å². The van der Waals surface area contributed by atoms with E-state index in [4.69, 9.17) is 0 Å². The van der Waals surface area contributed by atoms with Gasteiger partial charge in [-0.2, -0.15) is 13.2 Å². The van der Waals surface area contributed by atoms with E-state index in [9.17, 15) is 23.1 Å². The Kier molecular flexibility index (Phi) is 5.05. The van der Waals surface area contributed by atoms with E-state index < -0.39 is 17.6 Å². The van der Waals surface area contributed by atoms with Crippen LogP contribution in [0.15, 0.2) is 54.6 Å². The van der Waals surface area contributed by atoms with Crippen LogP contribution < -0.4 is 5.32 Å². The molecule has 0 aromatic heterocycles. The molecular formula is C17H14F3NO2. The normalized spacial score (nSPS) is 11.6. The standard InChI is InChI=1S/C17H14F3NO2/c18-17(19,20)14-6-3-4-12(10-14)11-21-16(23)9-8-13-5-1-2-7-15(13)22/h1-10,22H,11H2,(H,21,23)/b9-8+. The number of para-hydroxylation sites is 1. The summed E-state index contributed by atoms with van der Waals surface area (Å²) in [7, 11) is 0. The molecule has 0 saturated heterocycles. The van der Waals surface area contributed by atoms with Crippen molar-refractivity contribution in [2.24, 2.45) is 0 Å². The molecular weight excluding hydrogens is 307 g/mol. The number of alkyl halides is 3. The predicted molar refractivity (Wildman–Crippen MR) is 80.4 cm³/mol. The van der Waals surface area contributed by atoms with Crippen molar-refractivity contribution >= 4 is 12.0 Å². The molecule has 0 saturated carbocycles. The fraction of sp³-hybridized carbons (Fsp3) is 0.118. The Morgan fingerprint density at radius 3 is 2.57 bits per heavy atom. The Hall–Kier alpha value is -2.76. The van der Waals surface area contributed by atoms with Crippen molar-refractivity contribution in [2.75, 3.05) is 0 Å². The zero-order chi connectivity index (χ0) is 16.9. The molecule has 0 bridgehead atoms. The van der Waals surface area contributed by atoms with Gasteiger partial charge in [0.1, 0.15) is 5.75 Å². The highest BCUT2D eigenvalue weighted by Crippen LogP contribution is 2.29. The van der Waals surface area contributed by atoms with E-state index in [0.717, 1.165) is 12.1 Å². The van der Waals surface area contributed by atoms with Gasteiger partial charge in [-0.15, -0.1) is 0 Å². The summed E-state index contributed by atoms with van der Waals surface area (Å²) in [6.45, 7) is -0.0200. The third-order valence-electron chi connectivity index (χ3n) is 3.07. The van der Waals surface area contributed by atoms with Gasteiger partial charge in [-0.3, -0.25) is 4.79 Å². The molecule has 2 aromatic rings. The fourth-order valence-electron chi connectivity index (χ4n) is 1.90. The van der Waals surface area contributed by atoms with E-state index in [-0.39, 0.29) is 12.3 Å². The third-order valence-corrected chi connectivity index (χ3v) is 3.07. The molecule has 0 heterocycles. The SMILES string of the molecule is O=C(/C=C/c1ccccc1O)NCc1cccc(C(F)(F)F)c1. The topological polar surface area (TPSA) is 49.3 Å². The number of phenolic OH excluding ortho intramolecular Hbond substituents is 1. The molecule has 6 heteroatoms. The minimum atomic E-state index is -4.41. The second kappa shape index (κ2) is 7.00. The molecule has 0 spiro atoms. The number of benzene rings is 2. The van der Waals surface area contributed by atoms with E-state index in [1.165, 1.54) is 30.4 Å². The maximum atomic E-state index is 12.6. The number of carbonyl (C=O) groups excluding carboxylic acids is 1. The second-order valence-corrected chi connectivity index (χ2v) is 4.81. The van der Waals surface area contributed by atoms with Crippen LogP contribution in [0.1, 0.15) is 16.7 Å². The van der Waals surface area contributed by atoms with Crippen LogP contribution in [0.2, 0.25) is 0 Å². The number of amides is 1. The van der Waals surface area contributed by atoms with Gasteiger partial charge >= 0.3 is 6.18 Å². The molecule has 2 rings (SSSR count). The zero-order valence-corrected chi connectivity index (χ0v) is 12.0. The summed E-state index contributed by atoms with van der Waals surface area (Å²) in [5.41, 5.74) is 0.0693. The molecule has 3 nitrogen and oxygen atoms in total. The van der Waals surface area contributed by atoms with Crippen molar-refractivity contribution in [1.29, 1.82) is 0 Å². The van der Waals surface area contributed by atoms with Gasteiger partial charge in [0.05, 0.1) is 5.56 Å². The number of rotatable bonds is 4. The average Bonchev–Trinajstić information content (AvgIpc) is 2.51. The minimum Gasteiger partial charge on any atom is -0.507 e. The van der Waals surface area contributed by atoms with Crippen molar-refractivity contribution < 1.29 is 23.1 Å². The van der Waals surface area contributed by atoms with Crippen LogP contribution in [0.3, 0.4) is 0 Å². The van der Waals surface area contributed by atoms with E-state index in [1.54, 1.807) is 18.2 Å². The molecule has 0 aliphatic rings. The second-order valence-electron chi connectivity index (χ2n) is 4.81. The number of nitrogens with one attached hydrogen (secondary N) is 1. The molecule has 23 heavy (non-hydrogen) atoms. The van der Waals surface area contributed by atoms with E-state index in [1.807, 2.05) is 0 Å². The maximum absolute atomic E-state index is 12.6. The quantitative estimate of drug-likeness (QED) is 0.843. The predicted octanol–water partition coefficient (Wildman–Crippen LogP) is 3.74. The number of phenols is 1. The lowest BCUT2D eigenvalue weighted by molar-refractivity contribution is -0.137. The van der Waals surface area contributed by atoms with Crippen molar-refractivity contribution in [2.45, 2.75) is 12.7 Å². The van der Waals surface area contributed by atoms with Gasteiger partial charge < -0.3 is 10.4 Å². The fourth-order valence-corrected chi connectivity index (χ4v) is 1.90. The third kappa shape index (κ3) is 4.88. The first-order valence-corrected chi connectivity index (χ1v) is 6.76. The summed E-state index contributed by atoms with van der Waals surface area (Å²) in [5, 5.41) is 12.0. The van der Waals surface area contributed by atoms with Gasteiger partial charge in [0.15, 0.2) is 0 Å². The zero-order valence-electron chi connectivity index (χ0n) is 12.0. The Labute approximate surface area is 131 Å². The lowest BCUT2D eigenvalue weighted by Gasteiger charge is -2.09. The summed E-state index contributed by atoms with van der Waals surface area (Å²) >= 11 is 0. The first kappa shape index (κ1) is 16.6. The highest BCUT2D eigenvalue weighted by molar-refractivity contribution is 5.92. The first-order chi connectivity index (χ1) is 10.9. The van der Waals surface area contributed by atoms with Crippen molar-refractivity contribution in [3.8, 4) is 5.75 Å². The minimum absolute atomic E-state index is 0.0200. The molecule has 0 atom stereocenters. The van der Waals surface area contributed by atoms with Crippen molar-refractivity contribution in [3.63, 3.8) is 0 Å². The number of carbonyl (C=O) groups is 1. The van der Waals surface area contributed by atoms with E-state index in [0.29, 0.717) is 11.1 Å². The highest BCUT2D eigenvalue weighted by Gasteiger charge is 2.30. The van der Waals surface area contributed by atoms with Gasteiger partial charge in [-0.05, 0) is 29.8 Å². The summed E-state index contributed by atoms with van der Waals surface area (Å²) in [5.74, 6) is -0.430. The van der Waals surface area contributed by atoms with Crippen LogP contribution >= 0.6 is 0 Å². The first-order valence-electron chi connectivity index (χ1n) is 6.76. The van der Waals surface area contributed by atoms with Gasteiger partial charge in [0, 0.05) is 18.2 Å².